The van der Waals surface area contributed by atoms with Gasteiger partial charge in [-0.25, -0.2) is 18.7 Å². The van der Waals surface area contributed by atoms with Crippen molar-refractivity contribution >= 4 is 40.9 Å². The lowest BCUT2D eigenvalue weighted by Gasteiger charge is -2.20. The topological polar surface area (TPSA) is 91.6 Å². The number of nitrogens with one attached hydrogen (secondary N) is 1. The molecule has 10 heteroatoms. The van der Waals surface area contributed by atoms with Crippen LogP contribution in [0.3, 0.4) is 0 Å². The molecule has 4 aromatic rings. The van der Waals surface area contributed by atoms with Gasteiger partial charge in [-0.1, -0.05) is 11.6 Å². The summed E-state index contributed by atoms with van der Waals surface area (Å²) >= 11 is 6.59. The number of hydrogen-bond donors (Lipinski definition) is 1. The summed E-state index contributed by atoms with van der Waals surface area (Å²) in [6, 6.07) is 8.46. The van der Waals surface area contributed by atoms with E-state index in [1.807, 2.05) is 6.07 Å². The molecule has 0 aliphatic rings. The van der Waals surface area contributed by atoms with Gasteiger partial charge < -0.3 is 9.88 Å². The predicted molar refractivity (Wildman–Crippen MR) is 139 cm³/mol. The SMILES string of the molecule is Cc1cc(P(C)(C)=O)ncc1-c1nc2c(NC(C)c3cc(C#N)ccc3F)c(Cl)c(C)nc2cc1F. The summed E-state index contributed by atoms with van der Waals surface area (Å²) in [4.78, 5) is 13.2. The van der Waals surface area contributed by atoms with Crippen molar-refractivity contribution in [3.05, 3.63) is 75.6 Å². The second-order valence-electron chi connectivity index (χ2n) is 9.00. The second kappa shape index (κ2) is 9.57. The summed E-state index contributed by atoms with van der Waals surface area (Å²) in [7, 11) is -2.60. The molecule has 1 atom stereocenters. The molecule has 0 fully saturated rings. The highest BCUT2D eigenvalue weighted by atomic mass is 35.5. The standard InChI is InChI=1S/C26H23ClF2N5OP/c1-13-8-22(36(4,5)35)31-12-18(13)24-20(29)10-21-25(34-24)26(23(27)15(3)32-21)33-14(2)17-9-16(11-30)6-7-19(17)28/h6-10,12,14H,1-5H3,(H,32,33). The lowest BCUT2D eigenvalue weighted by molar-refractivity contribution is 0.587. The van der Waals surface area contributed by atoms with E-state index in [9.17, 15) is 14.2 Å². The van der Waals surface area contributed by atoms with Crippen LogP contribution < -0.4 is 10.8 Å². The monoisotopic (exact) mass is 525 g/mol. The highest BCUT2D eigenvalue weighted by molar-refractivity contribution is 7.69. The molecule has 3 aromatic heterocycles. The number of halogens is 3. The first-order valence-electron chi connectivity index (χ1n) is 11.1. The van der Waals surface area contributed by atoms with Crippen LogP contribution in [0.2, 0.25) is 5.02 Å². The molecule has 0 saturated heterocycles. The third kappa shape index (κ3) is 4.82. The molecule has 6 nitrogen and oxygen atoms in total. The van der Waals surface area contributed by atoms with Crippen LogP contribution >= 0.6 is 18.7 Å². The Balaban J connectivity index is 1.88. The summed E-state index contributed by atoms with van der Waals surface area (Å²) in [5.74, 6) is -1.08. The summed E-state index contributed by atoms with van der Waals surface area (Å²) in [6.07, 6.45) is 1.46. The highest BCUT2D eigenvalue weighted by Gasteiger charge is 2.22. The van der Waals surface area contributed by atoms with Crippen molar-refractivity contribution in [2.24, 2.45) is 0 Å². The van der Waals surface area contributed by atoms with Crippen molar-refractivity contribution in [3.8, 4) is 17.3 Å². The number of aryl methyl sites for hydroxylation is 2. The number of nitriles is 1. The van der Waals surface area contributed by atoms with Crippen LogP contribution in [-0.4, -0.2) is 28.3 Å². The third-order valence-electron chi connectivity index (χ3n) is 5.87. The number of fused-ring (bicyclic) bond motifs is 1. The van der Waals surface area contributed by atoms with Crippen LogP contribution in [0.4, 0.5) is 14.5 Å². The summed E-state index contributed by atoms with van der Waals surface area (Å²) in [5.41, 5.74) is 3.56. The summed E-state index contributed by atoms with van der Waals surface area (Å²) in [5, 5.41) is 12.7. The van der Waals surface area contributed by atoms with Gasteiger partial charge in [-0.2, -0.15) is 5.26 Å². The van der Waals surface area contributed by atoms with Gasteiger partial charge in [-0.3, -0.25) is 4.98 Å². The first-order valence-corrected chi connectivity index (χ1v) is 14.0. The molecule has 0 radical (unpaired) electrons. The smallest absolute Gasteiger partial charge is 0.151 e. The van der Waals surface area contributed by atoms with E-state index in [4.69, 9.17) is 11.6 Å². The molecule has 4 rings (SSSR count). The molecule has 1 N–H and O–H groups in total. The molecule has 0 spiro atoms. The molecule has 1 aromatic carbocycles. The van der Waals surface area contributed by atoms with Gasteiger partial charge in [0.25, 0.3) is 0 Å². The Hall–Kier alpha value is -3.40. The number of pyridine rings is 3. The fourth-order valence-corrected chi connectivity index (χ4v) is 4.93. The molecule has 0 aliphatic heterocycles. The Labute approximate surface area is 212 Å². The van der Waals surface area contributed by atoms with E-state index < -0.39 is 24.8 Å². The van der Waals surface area contributed by atoms with Gasteiger partial charge in [0.05, 0.1) is 45.0 Å². The van der Waals surface area contributed by atoms with Crippen molar-refractivity contribution in [3.63, 3.8) is 0 Å². The average Bonchev–Trinajstić information content (AvgIpc) is 2.81. The lowest BCUT2D eigenvalue weighted by Crippen LogP contribution is -2.12. The Kier molecular flexibility index (Phi) is 6.83. The van der Waals surface area contributed by atoms with E-state index in [1.54, 1.807) is 40.2 Å². The van der Waals surface area contributed by atoms with Crippen LogP contribution in [0.1, 0.15) is 35.3 Å². The summed E-state index contributed by atoms with van der Waals surface area (Å²) < 4.78 is 42.2. The normalized spacial score (nSPS) is 12.4. The van der Waals surface area contributed by atoms with Gasteiger partial charge in [0.2, 0.25) is 0 Å². The van der Waals surface area contributed by atoms with Gasteiger partial charge in [-0.15, -0.1) is 0 Å². The fraction of sp³-hybridized carbons (Fsp3) is 0.231. The van der Waals surface area contributed by atoms with Gasteiger partial charge in [-0.05, 0) is 63.9 Å². The van der Waals surface area contributed by atoms with Crippen molar-refractivity contribution in [2.45, 2.75) is 26.8 Å². The molecular formula is C26H23ClF2N5OP. The Morgan fingerprint density at radius 2 is 1.83 bits per heavy atom. The molecule has 0 amide bonds. The minimum atomic E-state index is -2.60. The van der Waals surface area contributed by atoms with Crippen LogP contribution in [0.5, 0.6) is 0 Å². The molecule has 3 heterocycles. The van der Waals surface area contributed by atoms with Crippen molar-refractivity contribution in [1.82, 2.24) is 15.0 Å². The molecule has 0 aliphatic carbocycles. The Bertz CT molecular complexity index is 1610. The van der Waals surface area contributed by atoms with Gasteiger partial charge in [0.15, 0.2) is 5.82 Å². The molecule has 36 heavy (non-hydrogen) atoms. The van der Waals surface area contributed by atoms with Crippen molar-refractivity contribution in [1.29, 1.82) is 5.26 Å². The zero-order valence-corrected chi connectivity index (χ0v) is 22.0. The van der Waals surface area contributed by atoms with E-state index in [0.29, 0.717) is 39.0 Å². The molecule has 184 valence electrons. The molecule has 0 bridgehead atoms. The van der Waals surface area contributed by atoms with E-state index >= 15 is 4.39 Å². The predicted octanol–water partition coefficient (Wildman–Crippen LogP) is 6.53. The summed E-state index contributed by atoms with van der Waals surface area (Å²) in [6.45, 7) is 8.42. The highest BCUT2D eigenvalue weighted by Crippen LogP contribution is 2.38. The van der Waals surface area contributed by atoms with Gasteiger partial charge in [0, 0.05) is 23.4 Å². The maximum atomic E-state index is 15.2. The van der Waals surface area contributed by atoms with E-state index in [2.05, 4.69) is 20.3 Å². The first-order chi connectivity index (χ1) is 16.9. The van der Waals surface area contributed by atoms with Crippen molar-refractivity contribution in [2.75, 3.05) is 18.6 Å². The van der Waals surface area contributed by atoms with Crippen molar-refractivity contribution < 1.29 is 13.3 Å². The number of rotatable bonds is 5. The third-order valence-corrected chi connectivity index (χ3v) is 7.68. The van der Waals surface area contributed by atoms with E-state index in [1.165, 1.54) is 30.5 Å². The largest absolute Gasteiger partial charge is 0.375 e. The van der Waals surface area contributed by atoms with Gasteiger partial charge >= 0.3 is 0 Å². The zero-order valence-electron chi connectivity index (χ0n) is 20.3. The van der Waals surface area contributed by atoms with E-state index in [0.717, 1.165) is 0 Å². The number of aromatic nitrogens is 3. The van der Waals surface area contributed by atoms with Crippen LogP contribution in [0.25, 0.3) is 22.3 Å². The first kappa shape index (κ1) is 25.7. The van der Waals surface area contributed by atoms with Crippen LogP contribution in [-0.2, 0) is 4.57 Å². The molecule has 0 saturated carbocycles. The Morgan fingerprint density at radius 3 is 2.47 bits per heavy atom. The zero-order chi connectivity index (χ0) is 26.4. The molecule has 1 unspecified atom stereocenters. The number of hydrogen-bond acceptors (Lipinski definition) is 6. The second-order valence-corrected chi connectivity index (χ2v) is 12.5. The quantitative estimate of drug-likeness (QED) is 0.298. The minimum Gasteiger partial charge on any atom is -0.375 e. The maximum absolute atomic E-state index is 15.2. The Morgan fingerprint density at radius 1 is 1.11 bits per heavy atom. The number of anilines is 1. The van der Waals surface area contributed by atoms with Gasteiger partial charge in [0.1, 0.15) is 24.2 Å². The minimum absolute atomic E-state index is 0.0381. The molecular weight excluding hydrogens is 503 g/mol. The fourth-order valence-electron chi connectivity index (χ4n) is 3.91. The maximum Gasteiger partial charge on any atom is 0.151 e. The lowest BCUT2D eigenvalue weighted by atomic mass is 10.0. The van der Waals surface area contributed by atoms with Crippen LogP contribution in [0, 0.1) is 36.8 Å². The van der Waals surface area contributed by atoms with E-state index in [-0.39, 0.29) is 21.8 Å². The van der Waals surface area contributed by atoms with Crippen LogP contribution in [0.15, 0.2) is 36.5 Å². The number of benzene rings is 1. The average molecular weight is 526 g/mol. The number of nitrogens with zero attached hydrogens (tertiary/aromatic N) is 4.